The Bertz CT molecular complexity index is 1340. The number of rotatable bonds is 7. The maximum Gasteiger partial charge on any atom is 0.410 e. The van der Waals surface area contributed by atoms with Gasteiger partial charge in [-0.1, -0.05) is 24.3 Å². The zero-order valence-corrected chi connectivity index (χ0v) is 23.5. The van der Waals surface area contributed by atoms with E-state index in [1.54, 1.807) is 11.1 Å². The van der Waals surface area contributed by atoms with Gasteiger partial charge in [0.15, 0.2) is 6.10 Å². The summed E-state index contributed by atoms with van der Waals surface area (Å²) in [7, 11) is 4.08. The lowest BCUT2D eigenvalue weighted by Gasteiger charge is -2.38. The van der Waals surface area contributed by atoms with Gasteiger partial charge < -0.3 is 28.9 Å². The number of anilines is 1. The molecule has 0 radical (unpaired) electrons. The minimum absolute atomic E-state index is 0.0846. The summed E-state index contributed by atoms with van der Waals surface area (Å²) in [5.74, 6) is -0.0846. The molecule has 6 rings (SSSR count). The van der Waals surface area contributed by atoms with Crippen molar-refractivity contribution in [2.45, 2.75) is 50.0 Å². The molecule has 0 bridgehead atoms. The van der Waals surface area contributed by atoms with E-state index in [2.05, 4.69) is 33.1 Å². The summed E-state index contributed by atoms with van der Waals surface area (Å²) in [4.78, 5) is 18.6. The minimum atomic E-state index is -2.77. The molecule has 2 aromatic heterocycles. The second kappa shape index (κ2) is 11.9. The SMILES string of the molecule is CN(C)C1CC[C@H](OC(F)F)[C@@H](c2ccc(-c3cc4c(N5CCN(C(=O)OC6COC6)CC5)ccnn4c3)cc2)C1. The predicted octanol–water partition coefficient (Wildman–Crippen LogP) is 4.46. The summed E-state index contributed by atoms with van der Waals surface area (Å²) in [5, 5.41) is 4.53. The summed E-state index contributed by atoms with van der Waals surface area (Å²) in [6, 6.07) is 12.7. The average molecular weight is 570 g/mol. The molecular formula is C30H37F2N5O4. The number of amides is 1. The molecule has 0 spiro atoms. The van der Waals surface area contributed by atoms with E-state index in [9.17, 15) is 13.6 Å². The molecule has 2 aliphatic heterocycles. The van der Waals surface area contributed by atoms with Crippen molar-refractivity contribution in [3.63, 3.8) is 0 Å². The maximum absolute atomic E-state index is 13.2. The minimum Gasteiger partial charge on any atom is -0.441 e. The Kier molecular flexibility index (Phi) is 8.10. The first-order chi connectivity index (χ1) is 19.9. The summed E-state index contributed by atoms with van der Waals surface area (Å²) in [6.45, 7) is 0.748. The van der Waals surface area contributed by atoms with E-state index in [-0.39, 0.29) is 18.1 Å². The fourth-order valence-corrected chi connectivity index (χ4v) is 6.21. The molecule has 1 aliphatic carbocycles. The van der Waals surface area contributed by atoms with Gasteiger partial charge in [0.2, 0.25) is 0 Å². The molecule has 41 heavy (non-hydrogen) atoms. The Morgan fingerprint density at radius 3 is 2.46 bits per heavy atom. The van der Waals surface area contributed by atoms with Crippen molar-refractivity contribution in [3.05, 3.63) is 54.4 Å². The molecule has 1 amide bonds. The Labute approximate surface area is 238 Å². The van der Waals surface area contributed by atoms with E-state index in [0.29, 0.717) is 51.9 Å². The lowest BCUT2D eigenvalue weighted by Crippen LogP contribution is -2.51. The zero-order valence-electron chi connectivity index (χ0n) is 23.5. The number of fused-ring (bicyclic) bond motifs is 1. The standard InChI is InChI=1S/C30H37F2N5O4/c1-34(2)23-7-8-28(41-29(31)32)25(16-23)21-5-3-20(4-6-21)22-15-27-26(9-10-33-37(27)17-22)35-11-13-36(14-12-35)30(38)40-24-18-39-19-24/h3-6,9-10,15,17,23-25,28-29H,7-8,11-14,16,18-19H2,1-2H3/t23?,25-,28+/m1/s1. The third-order valence-electron chi connectivity index (χ3n) is 8.68. The Hall–Kier alpha value is -3.28. The molecule has 220 valence electrons. The van der Waals surface area contributed by atoms with Gasteiger partial charge in [-0.3, -0.25) is 0 Å². The first-order valence-corrected chi connectivity index (χ1v) is 14.3. The third-order valence-corrected chi connectivity index (χ3v) is 8.68. The topological polar surface area (TPSA) is 71.8 Å². The number of hydrogen-bond donors (Lipinski definition) is 0. The third kappa shape index (κ3) is 6.02. The Balaban J connectivity index is 1.17. The van der Waals surface area contributed by atoms with Gasteiger partial charge in [0, 0.05) is 56.1 Å². The van der Waals surface area contributed by atoms with Gasteiger partial charge in [0.1, 0.15) is 0 Å². The van der Waals surface area contributed by atoms with Crippen LogP contribution >= 0.6 is 0 Å². The quantitative estimate of drug-likeness (QED) is 0.416. The highest BCUT2D eigenvalue weighted by Gasteiger charge is 2.35. The van der Waals surface area contributed by atoms with Gasteiger partial charge in [-0.2, -0.15) is 13.9 Å². The lowest BCUT2D eigenvalue weighted by atomic mass is 9.78. The number of aromatic nitrogens is 2. The number of piperazine rings is 1. The lowest BCUT2D eigenvalue weighted by molar-refractivity contribution is -0.177. The van der Waals surface area contributed by atoms with Gasteiger partial charge >= 0.3 is 12.7 Å². The van der Waals surface area contributed by atoms with Crippen LogP contribution in [0.25, 0.3) is 16.6 Å². The van der Waals surface area contributed by atoms with Crippen LogP contribution in [0.4, 0.5) is 19.3 Å². The van der Waals surface area contributed by atoms with Crippen molar-refractivity contribution in [2.24, 2.45) is 0 Å². The van der Waals surface area contributed by atoms with Crippen molar-refractivity contribution in [2.75, 3.05) is 58.4 Å². The average Bonchev–Trinajstić information content (AvgIpc) is 3.39. The monoisotopic (exact) mass is 569 g/mol. The molecule has 3 aromatic rings. The van der Waals surface area contributed by atoms with Crippen LogP contribution < -0.4 is 4.90 Å². The first kappa shape index (κ1) is 27.9. The van der Waals surface area contributed by atoms with Gasteiger partial charge in [-0.25, -0.2) is 9.31 Å². The maximum atomic E-state index is 13.2. The molecule has 2 saturated heterocycles. The highest BCUT2D eigenvalue weighted by atomic mass is 19.3. The van der Waals surface area contributed by atoms with Gasteiger partial charge in [0.05, 0.1) is 30.5 Å². The number of nitrogens with zero attached hydrogens (tertiary/aromatic N) is 5. The molecule has 9 nitrogen and oxygen atoms in total. The van der Waals surface area contributed by atoms with E-state index >= 15 is 0 Å². The van der Waals surface area contributed by atoms with Crippen molar-refractivity contribution in [3.8, 4) is 11.1 Å². The highest BCUT2D eigenvalue weighted by molar-refractivity contribution is 5.80. The Morgan fingerprint density at radius 1 is 1.05 bits per heavy atom. The predicted molar refractivity (Wildman–Crippen MR) is 150 cm³/mol. The molecule has 0 N–H and O–H groups in total. The molecule has 3 aliphatic rings. The van der Waals surface area contributed by atoms with Crippen LogP contribution in [0.1, 0.15) is 30.7 Å². The van der Waals surface area contributed by atoms with Crippen LogP contribution in [0.2, 0.25) is 0 Å². The second-order valence-corrected chi connectivity index (χ2v) is 11.4. The van der Waals surface area contributed by atoms with Crippen LogP contribution in [-0.2, 0) is 14.2 Å². The molecule has 11 heteroatoms. The number of alkyl halides is 2. The van der Waals surface area contributed by atoms with Crippen molar-refractivity contribution >= 4 is 17.3 Å². The van der Waals surface area contributed by atoms with E-state index in [1.165, 1.54) is 0 Å². The van der Waals surface area contributed by atoms with E-state index in [4.69, 9.17) is 14.2 Å². The van der Waals surface area contributed by atoms with Crippen LogP contribution in [0.15, 0.2) is 48.8 Å². The summed E-state index contributed by atoms with van der Waals surface area (Å²) in [5.41, 5.74) is 5.13. The first-order valence-electron chi connectivity index (χ1n) is 14.3. The molecule has 3 atom stereocenters. The van der Waals surface area contributed by atoms with Crippen LogP contribution in [0.3, 0.4) is 0 Å². The van der Waals surface area contributed by atoms with Crippen LogP contribution in [0, 0.1) is 0 Å². The van der Waals surface area contributed by atoms with Crippen molar-refractivity contribution in [1.29, 1.82) is 0 Å². The normalized spacial score (nSPS) is 23.8. The number of halogens is 2. The second-order valence-electron chi connectivity index (χ2n) is 11.4. The molecular weight excluding hydrogens is 532 g/mol. The number of ether oxygens (including phenoxy) is 3. The molecule has 3 fully saturated rings. The van der Waals surface area contributed by atoms with Crippen LogP contribution in [-0.4, -0.2) is 104 Å². The van der Waals surface area contributed by atoms with E-state index in [1.807, 2.05) is 43.0 Å². The van der Waals surface area contributed by atoms with E-state index in [0.717, 1.165) is 40.7 Å². The number of carbonyl (C=O) groups is 1. The summed E-state index contributed by atoms with van der Waals surface area (Å²) in [6.07, 6.45) is 5.16. The fourth-order valence-electron chi connectivity index (χ4n) is 6.21. The zero-order chi connectivity index (χ0) is 28.5. The fraction of sp³-hybridized carbons (Fsp3) is 0.533. The van der Waals surface area contributed by atoms with Gasteiger partial charge in [-0.15, -0.1) is 0 Å². The summed E-state index contributed by atoms with van der Waals surface area (Å²) >= 11 is 0. The smallest absolute Gasteiger partial charge is 0.410 e. The van der Waals surface area contributed by atoms with Crippen molar-refractivity contribution in [1.82, 2.24) is 19.4 Å². The van der Waals surface area contributed by atoms with Gasteiger partial charge in [0.25, 0.3) is 0 Å². The highest BCUT2D eigenvalue weighted by Crippen LogP contribution is 2.38. The number of benzene rings is 1. The molecule has 1 saturated carbocycles. The summed E-state index contributed by atoms with van der Waals surface area (Å²) < 4.78 is 43.8. The van der Waals surface area contributed by atoms with E-state index < -0.39 is 12.7 Å². The Morgan fingerprint density at radius 2 is 1.80 bits per heavy atom. The number of carbonyl (C=O) groups excluding carboxylic acids is 1. The number of hydrogen-bond acceptors (Lipinski definition) is 7. The molecule has 1 aromatic carbocycles. The molecule has 4 heterocycles. The van der Waals surface area contributed by atoms with Gasteiger partial charge in [-0.05, 0) is 56.6 Å². The van der Waals surface area contributed by atoms with Crippen molar-refractivity contribution < 1.29 is 27.8 Å². The largest absolute Gasteiger partial charge is 0.441 e. The van der Waals surface area contributed by atoms with Crippen LogP contribution in [0.5, 0.6) is 0 Å². The molecule has 1 unspecified atom stereocenters.